The maximum absolute atomic E-state index is 9.82. The minimum absolute atomic E-state index is 0.102. The number of piperidine rings is 1. The second kappa shape index (κ2) is 4.98. The highest BCUT2D eigenvalue weighted by atomic mass is 16.3. The SMILES string of the molecule is C[C@@H]1C[NH+](Cc2ccccc2)[C@@H](C)C[C@H]1O. The molecule has 1 fully saturated rings. The maximum atomic E-state index is 9.82. The van der Waals surface area contributed by atoms with Crippen molar-refractivity contribution in [3.05, 3.63) is 35.9 Å². The summed E-state index contributed by atoms with van der Waals surface area (Å²) in [4.78, 5) is 1.60. The molecule has 0 amide bonds. The molecule has 1 aliphatic rings. The van der Waals surface area contributed by atoms with Gasteiger partial charge in [-0.3, -0.25) is 0 Å². The van der Waals surface area contributed by atoms with E-state index in [-0.39, 0.29) is 6.10 Å². The molecule has 1 saturated heterocycles. The summed E-state index contributed by atoms with van der Waals surface area (Å²) in [5.74, 6) is 0.426. The zero-order chi connectivity index (χ0) is 11.5. The number of aliphatic hydroxyl groups excluding tert-OH is 1. The standard InChI is InChI=1S/C14H21NO/c1-11-9-15(12(2)8-14(11)16)10-13-6-4-3-5-7-13/h3-7,11-12,14,16H,8-10H2,1-2H3/p+1/t11-,12+,14-/m1/s1. The number of hydrogen-bond acceptors (Lipinski definition) is 1. The highest BCUT2D eigenvalue weighted by molar-refractivity contribution is 5.13. The lowest BCUT2D eigenvalue weighted by Gasteiger charge is -2.36. The molecule has 2 heteroatoms. The Labute approximate surface area is 97.9 Å². The summed E-state index contributed by atoms with van der Waals surface area (Å²) in [6, 6.07) is 11.2. The average Bonchev–Trinajstić information content (AvgIpc) is 2.27. The molecule has 0 aromatic heterocycles. The first-order valence-corrected chi connectivity index (χ1v) is 6.23. The molecule has 88 valence electrons. The van der Waals surface area contributed by atoms with Crippen LogP contribution in [0, 0.1) is 5.92 Å². The lowest BCUT2D eigenvalue weighted by Crippen LogP contribution is -3.16. The molecule has 4 atom stereocenters. The fraction of sp³-hybridized carbons (Fsp3) is 0.571. The van der Waals surface area contributed by atoms with Gasteiger partial charge in [0.15, 0.2) is 0 Å². The molecule has 1 aromatic carbocycles. The van der Waals surface area contributed by atoms with Gasteiger partial charge in [-0.25, -0.2) is 0 Å². The predicted octanol–water partition coefficient (Wildman–Crippen LogP) is 0.861. The Morgan fingerprint density at radius 2 is 1.94 bits per heavy atom. The van der Waals surface area contributed by atoms with Crippen molar-refractivity contribution < 1.29 is 10.0 Å². The Balaban J connectivity index is 2.00. The molecule has 0 bridgehead atoms. The second-order valence-electron chi connectivity index (χ2n) is 5.21. The Hall–Kier alpha value is -0.860. The van der Waals surface area contributed by atoms with Crippen LogP contribution in [0.25, 0.3) is 0 Å². The van der Waals surface area contributed by atoms with Crippen molar-refractivity contribution in [2.45, 2.75) is 39.0 Å². The zero-order valence-corrected chi connectivity index (χ0v) is 10.2. The Bertz CT molecular complexity index is 325. The molecule has 1 aromatic rings. The normalized spacial score (nSPS) is 34.9. The van der Waals surface area contributed by atoms with Gasteiger partial charge in [-0.1, -0.05) is 37.3 Å². The number of aliphatic hydroxyl groups is 1. The molecular formula is C14H22NO+. The van der Waals surface area contributed by atoms with Gasteiger partial charge in [-0.15, -0.1) is 0 Å². The number of nitrogens with one attached hydrogen (secondary N) is 1. The van der Waals surface area contributed by atoms with Crippen LogP contribution in [-0.4, -0.2) is 23.8 Å². The molecule has 1 heterocycles. The Kier molecular flexibility index (Phi) is 3.62. The topological polar surface area (TPSA) is 24.7 Å². The van der Waals surface area contributed by atoms with Gasteiger partial charge in [0.25, 0.3) is 0 Å². The summed E-state index contributed by atoms with van der Waals surface area (Å²) in [7, 11) is 0. The van der Waals surface area contributed by atoms with Crippen LogP contribution in [0.4, 0.5) is 0 Å². The highest BCUT2D eigenvalue weighted by Gasteiger charge is 2.32. The third kappa shape index (κ3) is 2.63. The van der Waals surface area contributed by atoms with E-state index in [0.717, 1.165) is 19.5 Å². The van der Waals surface area contributed by atoms with E-state index in [1.54, 1.807) is 4.90 Å². The lowest BCUT2D eigenvalue weighted by atomic mass is 9.91. The van der Waals surface area contributed by atoms with Crippen molar-refractivity contribution in [1.29, 1.82) is 0 Å². The second-order valence-corrected chi connectivity index (χ2v) is 5.21. The van der Waals surface area contributed by atoms with Gasteiger partial charge in [0.2, 0.25) is 0 Å². The van der Waals surface area contributed by atoms with Gasteiger partial charge < -0.3 is 10.0 Å². The van der Waals surface area contributed by atoms with Crippen LogP contribution in [0.3, 0.4) is 0 Å². The first kappa shape index (κ1) is 11.6. The lowest BCUT2D eigenvalue weighted by molar-refractivity contribution is -0.946. The first-order chi connectivity index (χ1) is 7.66. The van der Waals surface area contributed by atoms with E-state index in [1.165, 1.54) is 5.56 Å². The average molecular weight is 220 g/mol. The van der Waals surface area contributed by atoms with Crippen LogP contribution in [-0.2, 0) is 6.54 Å². The largest absolute Gasteiger partial charge is 0.392 e. The Morgan fingerprint density at radius 3 is 2.62 bits per heavy atom. The van der Waals surface area contributed by atoms with E-state index in [9.17, 15) is 5.11 Å². The molecular weight excluding hydrogens is 198 g/mol. The van der Waals surface area contributed by atoms with Gasteiger partial charge in [-0.05, 0) is 6.92 Å². The van der Waals surface area contributed by atoms with Crippen molar-refractivity contribution in [2.24, 2.45) is 5.92 Å². The minimum Gasteiger partial charge on any atom is -0.392 e. The van der Waals surface area contributed by atoms with E-state index in [0.29, 0.717) is 12.0 Å². The summed E-state index contributed by atoms with van der Waals surface area (Å²) in [6.45, 7) is 6.56. The van der Waals surface area contributed by atoms with Crippen molar-refractivity contribution in [3.8, 4) is 0 Å². The molecule has 2 nitrogen and oxygen atoms in total. The van der Waals surface area contributed by atoms with Crippen LogP contribution in [0.15, 0.2) is 30.3 Å². The number of benzene rings is 1. The van der Waals surface area contributed by atoms with E-state index >= 15 is 0 Å². The fourth-order valence-electron chi connectivity index (χ4n) is 2.62. The monoisotopic (exact) mass is 220 g/mol. The molecule has 0 spiro atoms. The molecule has 2 rings (SSSR count). The van der Waals surface area contributed by atoms with Crippen LogP contribution >= 0.6 is 0 Å². The number of rotatable bonds is 2. The number of quaternary nitrogens is 1. The first-order valence-electron chi connectivity index (χ1n) is 6.23. The quantitative estimate of drug-likeness (QED) is 0.759. The van der Waals surface area contributed by atoms with Crippen molar-refractivity contribution in [3.63, 3.8) is 0 Å². The smallest absolute Gasteiger partial charge is 0.103 e. The van der Waals surface area contributed by atoms with Gasteiger partial charge >= 0.3 is 0 Å². The molecule has 2 N–H and O–H groups in total. The van der Waals surface area contributed by atoms with Crippen LogP contribution in [0.2, 0.25) is 0 Å². The summed E-state index contributed by atoms with van der Waals surface area (Å²) < 4.78 is 0. The van der Waals surface area contributed by atoms with Crippen molar-refractivity contribution >= 4 is 0 Å². The van der Waals surface area contributed by atoms with Gasteiger partial charge in [0.1, 0.15) is 6.54 Å². The van der Waals surface area contributed by atoms with Crippen molar-refractivity contribution in [1.82, 2.24) is 0 Å². The predicted molar refractivity (Wildman–Crippen MR) is 65.2 cm³/mol. The van der Waals surface area contributed by atoms with Gasteiger partial charge in [0.05, 0.1) is 18.7 Å². The van der Waals surface area contributed by atoms with E-state index in [2.05, 4.69) is 44.2 Å². The summed E-state index contributed by atoms with van der Waals surface area (Å²) in [5.41, 5.74) is 1.40. The number of likely N-dealkylation sites (tertiary alicyclic amines) is 1. The zero-order valence-electron chi connectivity index (χ0n) is 10.2. The third-order valence-corrected chi connectivity index (χ3v) is 3.81. The molecule has 1 unspecified atom stereocenters. The van der Waals surface area contributed by atoms with Gasteiger partial charge in [-0.2, -0.15) is 0 Å². The Morgan fingerprint density at radius 1 is 1.25 bits per heavy atom. The highest BCUT2D eigenvalue weighted by Crippen LogP contribution is 2.11. The number of hydrogen-bond donors (Lipinski definition) is 2. The fourth-order valence-corrected chi connectivity index (χ4v) is 2.62. The molecule has 16 heavy (non-hydrogen) atoms. The maximum Gasteiger partial charge on any atom is 0.103 e. The molecule has 1 aliphatic heterocycles. The van der Waals surface area contributed by atoms with E-state index in [1.807, 2.05) is 0 Å². The summed E-state index contributed by atoms with van der Waals surface area (Å²) >= 11 is 0. The third-order valence-electron chi connectivity index (χ3n) is 3.81. The molecule has 0 radical (unpaired) electrons. The van der Waals surface area contributed by atoms with Crippen LogP contribution < -0.4 is 4.90 Å². The summed E-state index contributed by atoms with van der Waals surface area (Å²) in [6.07, 6.45) is 0.832. The van der Waals surface area contributed by atoms with Crippen LogP contribution in [0.5, 0.6) is 0 Å². The van der Waals surface area contributed by atoms with Gasteiger partial charge in [0, 0.05) is 17.9 Å². The van der Waals surface area contributed by atoms with E-state index in [4.69, 9.17) is 0 Å². The van der Waals surface area contributed by atoms with Crippen LogP contribution in [0.1, 0.15) is 25.8 Å². The molecule has 0 aliphatic carbocycles. The summed E-state index contributed by atoms with van der Waals surface area (Å²) in [5, 5.41) is 9.82. The van der Waals surface area contributed by atoms with E-state index < -0.39 is 0 Å². The molecule has 0 saturated carbocycles. The minimum atomic E-state index is -0.102. The van der Waals surface area contributed by atoms with Crippen molar-refractivity contribution in [2.75, 3.05) is 6.54 Å².